The summed E-state index contributed by atoms with van der Waals surface area (Å²) in [5.41, 5.74) is -1.70. The summed E-state index contributed by atoms with van der Waals surface area (Å²) in [6.45, 7) is 1.45. The number of nitro benzene ring substituents is 2. The molecule has 0 radical (unpaired) electrons. The molecule has 19 heavy (non-hydrogen) atoms. The summed E-state index contributed by atoms with van der Waals surface area (Å²) < 4.78 is 4.33. The number of hydrogen-bond acceptors (Lipinski definition) is 7. The van der Waals surface area contributed by atoms with Crippen molar-refractivity contribution in [1.29, 1.82) is 0 Å². The average Bonchev–Trinajstić information content (AvgIpc) is 2.37. The van der Waals surface area contributed by atoms with E-state index in [1.54, 1.807) is 0 Å². The number of carbonyl (C=O) groups excluding carboxylic acids is 2. The zero-order valence-corrected chi connectivity index (χ0v) is 9.69. The van der Waals surface area contributed by atoms with Crippen LogP contribution in [0.2, 0.25) is 0 Å². The Kier molecular flexibility index (Phi) is 4.24. The maximum atomic E-state index is 11.5. The van der Waals surface area contributed by atoms with E-state index in [-0.39, 0.29) is 6.42 Å². The van der Waals surface area contributed by atoms with Crippen molar-refractivity contribution >= 4 is 23.3 Å². The molecule has 0 unspecified atom stereocenters. The molecule has 0 bridgehead atoms. The van der Waals surface area contributed by atoms with Gasteiger partial charge < -0.3 is 4.74 Å². The van der Waals surface area contributed by atoms with E-state index in [2.05, 4.69) is 4.74 Å². The third-order valence-corrected chi connectivity index (χ3v) is 2.06. The van der Waals surface area contributed by atoms with Gasteiger partial charge in [-0.2, -0.15) is 0 Å². The van der Waals surface area contributed by atoms with Gasteiger partial charge in [-0.15, -0.1) is 0 Å². The van der Waals surface area contributed by atoms with Crippen LogP contribution in [0, 0.1) is 20.2 Å². The third kappa shape index (κ3) is 3.56. The van der Waals surface area contributed by atoms with E-state index in [4.69, 9.17) is 0 Å². The molecule has 0 aromatic heterocycles. The fourth-order valence-electron chi connectivity index (χ4n) is 1.16. The molecule has 0 heterocycles. The number of non-ortho nitro benzene ring substituents is 2. The number of esters is 2. The highest BCUT2D eigenvalue weighted by atomic mass is 16.6. The summed E-state index contributed by atoms with van der Waals surface area (Å²) in [5, 5.41) is 21.2. The van der Waals surface area contributed by atoms with Crippen LogP contribution in [-0.2, 0) is 9.53 Å². The smallest absolute Gasteiger partial charge is 0.346 e. The summed E-state index contributed by atoms with van der Waals surface area (Å²) in [5.74, 6) is -2.00. The zero-order chi connectivity index (χ0) is 14.6. The first-order valence-electron chi connectivity index (χ1n) is 5.04. The second-order valence-corrected chi connectivity index (χ2v) is 3.37. The lowest BCUT2D eigenvalue weighted by molar-refractivity contribution is -0.394. The van der Waals surface area contributed by atoms with E-state index in [1.165, 1.54) is 6.92 Å². The van der Waals surface area contributed by atoms with Crippen molar-refractivity contribution in [2.45, 2.75) is 13.3 Å². The van der Waals surface area contributed by atoms with Crippen LogP contribution in [-0.4, -0.2) is 21.8 Å². The number of benzene rings is 1. The largest absolute Gasteiger partial charge is 0.389 e. The van der Waals surface area contributed by atoms with Gasteiger partial charge in [0.15, 0.2) is 0 Å². The molecule has 0 spiro atoms. The molecule has 0 atom stereocenters. The second-order valence-electron chi connectivity index (χ2n) is 3.37. The van der Waals surface area contributed by atoms with E-state index in [0.29, 0.717) is 6.07 Å². The molecule has 1 aromatic carbocycles. The lowest BCUT2D eigenvalue weighted by Gasteiger charge is -2.01. The van der Waals surface area contributed by atoms with Gasteiger partial charge in [-0.3, -0.25) is 25.0 Å². The van der Waals surface area contributed by atoms with Crippen LogP contribution < -0.4 is 0 Å². The monoisotopic (exact) mass is 268 g/mol. The van der Waals surface area contributed by atoms with Crippen molar-refractivity contribution in [2.75, 3.05) is 0 Å². The molecule has 0 fully saturated rings. The van der Waals surface area contributed by atoms with Gasteiger partial charge in [0, 0.05) is 18.6 Å². The van der Waals surface area contributed by atoms with Crippen LogP contribution in [0.15, 0.2) is 18.2 Å². The predicted octanol–water partition coefficient (Wildman–Crippen LogP) is 1.60. The Labute approximate surface area is 106 Å². The van der Waals surface area contributed by atoms with Crippen LogP contribution >= 0.6 is 0 Å². The second kappa shape index (κ2) is 5.67. The SMILES string of the molecule is CCC(=O)OC(=O)c1cc([N+](=O)[O-])cc([N+](=O)[O-])c1. The van der Waals surface area contributed by atoms with Gasteiger partial charge in [-0.05, 0) is 0 Å². The van der Waals surface area contributed by atoms with Crippen LogP contribution in [0.25, 0.3) is 0 Å². The van der Waals surface area contributed by atoms with Crippen molar-refractivity contribution in [2.24, 2.45) is 0 Å². The molecule has 0 saturated heterocycles. The van der Waals surface area contributed by atoms with Crippen molar-refractivity contribution in [3.63, 3.8) is 0 Å². The van der Waals surface area contributed by atoms with E-state index in [0.717, 1.165) is 12.1 Å². The number of nitrogens with zero attached hydrogens (tertiary/aromatic N) is 2. The first-order valence-corrected chi connectivity index (χ1v) is 5.04. The molecular formula is C10H8N2O7. The van der Waals surface area contributed by atoms with E-state index < -0.39 is 38.7 Å². The van der Waals surface area contributed by atoms with Crippen LogP contribution in [0.1, 0.15) is 23.7 Å². The van der Waals surface area contributed by atoms with Crippen LogP contribution in [0.4, 0.5) is 11.4 Å². The lowest BCUT2D eigenvalue weighted by Crippen LogP contribution is -2.12. The summed E-state index contributed by atoms with van der Waals surface area (Å²) in [7, 11) is 0. The van der Waals surface area contributed by atoms with Gasteiger partial charge in [-0.1, -0.05) is 6.92 Å². The summed E-state index contributed by atoms with van der Waals surface area (Å²) in [6.07, 6.45) is -0.0667. The molecule has 0 saturated carbocycles. The normalized spacial score (nSPS) is 9.74. The van der Waals surface area contributed by atoms with Gasteiger partial charge in [0.2, 0.25) is 0 Å². The molecule has 0 aliphatic heterocycles. The first-order chi connectivity index (χ1) is 8.85. The maximum absolute atomic E-state index is 11.5. The lowest BCUT2D eigenvalue weighted by atomic mass is 10.2. The Hall–Kier alpha value is -2.84. The van der Waals surface area contributed by atoms with Crippen molar-refractivity contribution in [1.82, 2.24) is 0 Å². The van der Waals surface area contributed by atoms with Gasteiger partial charge in [0.25, 0.3) is 11.4 Å². The fraction of sp³-hybridized carbons (Fsp3) is 0.200. The molecule has 1 aromatic rings. The number of hydrogen-bond donors (Lipinski definition) is 0. The van der Waals surface area contributed by atoms with E-state index in [1.807, 2.05) is 0 Å². The minimum absolute atomic E-state index is 0.0667. The highest BCUT2D eigenvalue weighted by Crippen LogP contribution is 2.23. The Morgan fingerprint density at radius 3 is 1.95 bits per heavy atom. The Morgan fingerprint density at radius 1 is 1.11 bits per heavy atom. The van der Waals surface area contributed by atoms with Crippen molar-refractivity contribution < 1.29 is 24.2 Å². The van der Waals surface area contributed by atoms with E-state index >= 15 is 0 Å². The van der Waals surface area contributed by atoms with Gasteiger partial charge in [0.05, 0.1) is 21.5 Å². The molecule has 0 aliphatic rings. The number of ether oxygens (including phenoxy) is 1. The number of carbonyl (C=O) groups is 2. The van der Waals surface area contributed by atoms with Crippen molar-refractivity contribution in [3.05, 3.63) is 44.0 Å². The van der Waals surface area contributed by atoms with Gasteiger partial charge in [0.1, 0.15) is 0 Å². The molecular weight excluding hydrogens is 260 g/mol. The van der Waals surface area contributed by atoms with Crippen LogP contribution in [0.3, 0.4) is 0 Å². The Balaban J connectivity index is 3.19. The Bertz CT molecular complexity index is 535. The topological polar surface area (TPSA) is 130 Å². The fourth-order valence-corrected chi connectivity index (χ4v) is 1.16. The molecule has 100 valence electrons. The minimum atomic E-state index is -1.17. The van der Waals surface area contributed by atoms with Gasteiger partial charge in [-0.25, -0.2) is 4.79 Å². The van der Waals surface area contributed by atoms with Crippen LogP contribution in [0.5, 0.6) is 0 Å². The quantitative estimate of drug-likeness (QED) is 0.350. The Morgan fingerprint density at radius 2 is 1.58 bits per heavy atom. The van der Waals surface area contributed by atoms with Crippen molar-refractivity contribution in [3.8, 4) is 0 Å². The molecule has 0 aliphatic carbocycles. The number of nitro groups is 2. The standard InChI is InChI=1S/C10H8N2O7/c1-2-9(13)19-10(14)6-3-7(11(15)16)5-8(4-6)12(17)18/h3-5H,2H2,1H3. The average molecular weight is 268 g/mol. The highest BCUT2D eigenvalue weighted by molar-refractivity contribution is 5.97. The summed E-state index contributed by atoms with van der Waals surface area (Å²) in [4.78, 5) is 41.8. The predicted molar refractivity (Wildman–Crippen MR) is 60.5 cm³/mol. The highest BCUT2D eigenvalue weighted by Gasteiger charge is 2.21. The summed E-state index contributed by atoms with van der Waals surface area (Å²) >= 11 is 0. The first kappa shape index (κ1) is 14.2. The number of rotatable bonds is 4. The minimum Gasteiger partial charge on any atom is -0.389 e. The molecule has 9 heteroatoms. The summed E-state index contributed by atoms with van der Waals surface area (Å²) in [6, 6.07) is 2.31. The zero-order valence-electron chi connectivity index (χ0n) is 9.69. The molecule has 1 rings (SSSR count). The third-order valence-electron chi connectivity index (χ3n) is 2.06. The van der Waals surface area contributed by atoms with Gasteiger partial charge >= 0.3 is 11.9 Å². The molecule has 9 nitrogen and oxygen atoms in total. The molecule has 0 amide bonds. The maximum Gasteiger partial charge on any atom is 0.346 e. The van der Waals surface area contributed by atoms with E-state index in [9.17, 15) is 29.8 Å². The molecule has 0 N–H and O–H groups in total.